The predicted octanol–water partition coefficient (Wildman–Crippen LogP) is 17.0. The fourth-order valence-electron chi connectivity index (χ4n) is 7.79. The monoisotopic (exact) mass is 833 g/mol. The Morgan fingerprint density at radius 2 is 0.559 bits per heavy atom. The Hall–Kier alpha value is -1.85. The molecule has 0 aromatic rings. The maximum absolute atomic E-state index is 12.8. The Labute approximate surface area is 367 Å². The number of allylic oxidation sites excluding steroid dienone is 2. The summed E-state index contributed by atoms with van der Waals surface area (Å²) in [6.07, 6.45) is 53.6. The van der Waals surface area contributed by atoms with Gasteiger partial charge in [-0.2, -0.15) is 0 Å². The summed E-state index contributed by atoms with van der Waals surface area (Å²) in [5.41, 5.74) is 0. The second kappa shape index (κ2) is 48.8. The Morgan fingerprint density at radius 3 is 0.847 bits per heavy atom. The second-order valence-corrected chi connectivity index (χ2v) is 17.8. The van der Waals surface area contributed by atoms with E-state index in [4.69, 9.17) is 14.2 Å². The van der Waals surface area contributed by atoms with E-state index in [0.29, 0.717) is 19.3 Å². The highest BCUT2D eigenvalue weighted by molar-refractivity contribution is 5.71. The minimum atomic E-state index is -0.766. The maximum Gasteiger partial charge on any atom is 0.306 e. The molecule has 0 spiro atoms. The lowest BCUT2D eigenvalue weighted by molar-refractivity contribution is -0.167. The summed E-state index contributed by atoms with van der Waals surface area (Å²) in [5.74, 6) is -0.868. The zero-order chi connectivity index (χ0) is 43.0. The fraction of sp³-hybridized carbons (Fsp3) is 0.906. The molecule has 6 nitrogen and oxygen atoms in total. The maximum atomic E-state index is 12.8. The molecule has 0 heterocycles. The van der Waals surface area contributed by atoms with Gasteiger partial charge in [0, 0.05) is 19.3 Å². The van der Waals surface area contributed by atoms with Crippen LogP contribution in [0.3, 0.4) is 0 Å². The van der Waals surface area contributed by atoms with Crippen LogP contribution in [0.4, 0.5) is 0 Å². The van der Waals surface area contributed by atoms with Crippen molar-refractivity contribution < 1.29 is 28.6 Å². The molecular formula is C53H100O6. The van der Waals surface area contributed by atoms with Crippen molar-refractivity contribution >= 4 is 17.9 Å². The lowest BCUT2D eigenvalue weighted by atomic mass is 10.0. The summed E-state index contributed by atoms with van der Waals surface area (Å²) in [6.45, 7) is 6.62. The molecule has 6 heteroatoms. The van der Waals surface area contributed by atoms with Gasteiger partial charge in [0.1, 0.15) is 13.2 Å². The molecule has 59 heavy (non-hydrogen) atoms. The Balaban J connectivity index is 4.20. The molecule has 348 valence electrons. The molecule has 0 bridgehead atoms. The Bertz CT molecular complexity index is 916. The van der Waals surface area contributed by atoms with Gasteiger partial charge in [-0.05, 0) is 44.9 Å². The Morgan fingerprint density at radius 1 is 0.322 bits per heavy atom. The van der Waals surface area contributed by atoms with E-state index in [9.17, 15) is 14.4 Å². The molecule has 0 aliphatic heterocycles. The zero-order valence-corrected chi connectivity index (χ0v) is 39.8. The van der Waals surface area contributed by atoms with Gasteiger partial charge in [-0.3, -0.25) is 14.4 Å². The van der Waals surface area contributed by atoms with Crippen LogP contribution in [0, 0.1) is 0 Å². The van der Waals surface area contributed by atoms with Gasteiger partial charge in [-0.1, -0.05) is 238 Å². The van der Waals surface area contributed by atoms with Gasteiger partial charge in [0.2, 0.25) is 0 Å². The minimum absolute atomic E-state index is 0.0686. The first-order chi connectivity index (χ1) is 29.0. The summed E-state index contributed by atoms with van der Waals surface area (Å²) in [7, 11) is 0. The van der Waals surface area contributed by atoms with Crippen LogP contribution < -0.4 is 0 Å². The molecule has 0 N–H and O–H groups in total. The van der Waals surface area contributed by atoms with Gasteiger partial charge in [-0.15, -0.1) is 0 Å². The molecule has 0 amide bonds. The molecule has 0 radical (unpaired) electrons. The Kier molecular flexibility index (Phi) is 47.3. The normalized spacial score (nSPS) is 12.0. The first kappa shape index (κ1) is 57.1. The molecule has 1 unspecified atom stereocenters. The van der Waals surface area contributed by atoms with Crippen LogP contribution in [0.2, 0.25) is 0 Å². The quantitative estimate of drug-likeness (QED) is 0.0263. The van der Waals surface area contributed by atoms with Crippen LogP contribution in [0.15, 0.2) is 12.2 Å². The lowest BCUT2D eigenvalue weighted by Gasteiger charge is -2.18. The fourth-order valence-corrected chi connectivity index (χ4v) is 7.79. The van der Waals surface area contributed by atoms with E-state index in [1.54, 1.807) is 0 Å². The lowest BCUT2D eigenvalue weighted by Crippen LogP contribution is -2.30. The molecule has 0 fully saturated rings. The molecule has 0 rings (SSSR count). The van der Waals surface area contributed by atoms with Crippen LogP contribution >= 0.6 is 0 Å². The summed E-state index contributed by atoms with van der Waals surface area (Å²) in [6, 6.07) is 0. The first-order valence-electron chi connectivity index (χ1n) is 26.2. The number of rotatable bonds is 48. The molecule has 0 saturated carbocycles. The molecule has 0 aromatic carbocycles. The van der Waals surface area contributed by atoms with E-state index in [0.717, 1.165) is 64.2 Å². The third-order valence-corrected chi connectivity index (χ3v) is 11.8. The SMILES string of the molecule is CCCCCCCCC/C=C\CCCCCCCC(=O)OC(COC(=O)CCCCCCCCC)COC(=O)CCCCCCCCCCCCCCCCCCCC. The van der Waals surface area contributed by atoms with Gasteiger partial charge in [0.05, 0.1) is 0 Å². The molecule has 0 aromatic heterocycles. The third-order valence-electron chi connectivity index (χ3n) is 11.8. The molecule has 0 saturated heterocycles. The number of ether oxygens (including phenoxy) is 3. The van der Waals surface area contributed by atoms with Gasteiger partial charge in [-0.25, -0.2) is 0 Å². The largest absolute Gasteiger partial charge is 0.462 e. The average Bonchev–Trinajstić information content (AvgIpc) is 3.23. The summed E-state index contributed by atoms with van der Waals surface area (Å²) >= 11 is 0. The van der Waals surface area contributed by atoms with Crippen molar-refractivity contribution in [2.24, 2.45) is 0 Å². The number of esters is 3. The highest BCUT2D eigenvalue weighted by atomic mass is 16.6. The smallest absolute Gasteiger partial charge is 0.306 e. The highest BCUT2D eigenvalue weighted by Crippen LogP contribution is 2.16. The predicted molar refractivity (Wildman–Crippen MR) is 252 cm³/mol. The van der Waals surface area contributed by atoms with Crippen molar-refractivity contribution in [1.29, 1.82) is 0 Å². The third kappa shape index (κ3) is 47.1. The van der Waals surface area contributed by atoms with E-state index in [1.807, 2.05) is 0 Å². The number of hydrogen-bond acceptors (Lipinski definition) is 6. The highest BCUT2D eigenvalue weighted by Gasteiger charge is 2.19. The van der Waals surface area contributed by atoms with Gasteiger partial charge in [0.25, 0.3) is 0 Å². The summed E-state index contributed by atoms with van der Waals surface area (Å²) < 4.78 is 16.7. The number of carbonyl (C=O) groups excluding carboxylic acids is 3. The van der Waals surface area contributed by atoms with Crippen LogP contribution in [-0.2, 0) is 28.6 Å². The van der Waals surface area contributed by atoms with Crippen LogP contribution in [0.25, 0.3) is 0 Å². The van der Waals surface area contributed by atoms with Crippen molar-refractivity contribution in [3.05, 3.63) is 12.2 Å². The summed E-state index contributed by atoms with van der Waals surface area (Å²) in [4.78, 5) is 37.8. The van der Waals surface area contributed by atoms with Crippen LogP contribution in [0.5, 0.6) is 0 Å². The molecule has 0 aliphatic carbocycles. The average molecular weight is 833 g/mol. The van der Waals surface area contributed by atoms with Crippen molar-refractivity contribution in [2.45, 2.75) is 297 Å². The van der Waals surface area contributed by atoms with Crippen molar-refractivity contribution in [3.63, 3.8) is 0 Å². The van der Waals surface area contributed by atoms with Crippen molar-refractivity contribution in [2.75, 3.05) is 13.2 Å². The van der Waals surface area contributed by atoms with E-state index >= 15 is 0 Å². The molecule has 0 aliphatic rings. The standard InChI is InChI=1S/C53H100O6/c1-4-7-10-13-16-18-20-22-24-26-27-29-30-32-34-37-40-43-46-52(55)58-49-50(48-57-51(54)45-42-39-36-15-12-9-6-3)59-53(56)47-44-41-38-35-33-31-28-25-23-21-19-17-14-11-8-5-2/h25,28,50H,4-24,26-27,29-49H2,1-3H3/b28-25-. The zero-order valence-electron chi connectivity index (χ0n) is 39.8. The van der Waals surface area contributed by atoms with E-state index in [1.165, 1.54) is 186 Å². The van der Waals surface area contributed by atoms with Gasteiger partial charge < -0.3 is 14.2 Å². The van der Waals surface area contributed by atoms with Gasteiger partial charge in [0.15, 0.2) is 6.10 Å². The number of carbonyl (C=O) groups is 3. The van der Waals surface area contributed by atoms with Crippen molar-refractivity contribution in [1.82, 2.24) is 0 Å². The van der Waals surface area contributed by atoms with Gasteiger partial charge >= 0.3 is 17.9 Å². The summed E-state index contributed by atoms with van der Waals surface area (Å²) in [5, 5.41) is 0. The first-order valence-corrected chi connectivity index (χ1v) is 26.2. The molecular weight excluding hydrogens is 733 g/mol. The number of unbranched alkanes of at least 4 members (excludes halogenated alkanes) is 35. The second-order valence-electron chi connectivity index (χ2n) is 17.8. The molecule has 1 atom stereocenters. The minimum Gasteiger partial charge on any atom is -0.462 e. The van der Waals surface area contributed by atoms with E-state index in [-0.39, 0.29) is 31.1 Å². The van der Waals surface area contributed by atoms with E-state index in [2.05, 4.69) is 32.9 Å². The van der Waals surface area contributed by atoms with E-state index < -0.39 is 6.10 Å². The number of hydrogen-bond donors (Lipinski definition) is 0. The van der Waals surface area contributed by atoms with Crippen LogP contribution in [0.1, 0.15) is 290 Å². The topological polar surface area (TPSA) is 78.9 Å². The van der Waals surface area contributed by atoms with Crippen LogP contribution in [-0.4, -0.2) is 37.2 Å². The van der Waals surface area contributed by atoms with Crippen molar-refractivity contribution in [3.8, 4) is 0 Å².